The van der Waals surface area contributed by atoms with Crippen LogP contribution in [0, 0.1) is 0 Å². The van der Waals surface area contributed by atoms with E-state index in [1.165, 1.54) is 6.92 Å². The van der Waals surface area contributed by atoms with Gasteiger partial charge in [0.05, 0.1) is 24.8 Å². The lowest BCUT2D eigenvalue weighted by molar-refractivity contribution is -0.122. The molecule has 0 aromatic rings. The smallest absolute Gasteiger partial charge is 0.217 e. The molecule has 0 fully saturated rings. The summed E-state index contributed by atoms with van der Waals surface area (Å²) in [6.45, 7) is 0.904. The summed E-state index contributed by atoms with van der Waals surface area (Å²) in [5.41, 5.74) is 5.32. The first-order valence-electron chi connectivity index (χ1n) is 4.28. The molecule has 0 saturated heterocycles. The van der Waals surface area contributed by atoms with E-state index < -0.39 is 18.2 Å². The number of carbonyl (C=O) groups is 2. The van der Waals surface area contributed by atoms with Gasteiger partial charge in [0.15, 0.2) is 0 Å². The number of aliphatic hydroxyl groups is 2. The van der Waals surface area contributed by atoms with Crippen LogP contribution in [0.4, 0.5) is 0 Å². The largest absolute Gasteiger partial charge is 0.395 e. The highest BCUT2D eigenvalue weighted by molar-refractivity contribution is 5.77. The third-order valence-electron chi connectivity index (χ3n) is 1.75. The van der Waals surface area contributed by atoms with Crippen LogP contribution in [0.2, 0.25) is 0 Å². The van der Waals surface area contributed by atoms with Crippen molar-refractivity contribution >= 4 is 12.2 Å². The Morgan fingerprint density at radius 1 is 1.64 bits per heavy atom. The predicted molar refractivity (Wildman–Crippen MR) is 49.4 cm³/mol. The minimum Gasteiger partial charge on any atom is -0.395 e. The normalized spacial score (nSPS) is 16.9. The van der Waals surface area contributed by atoms with Crippen molar-refractivity contribution in [2.75, 3.05) is 6.61 Å². The molecule has 0 spiro atoms. The molecule has 6 heteroatoms. The van der Waals surface area contributed by atoms with Crippen LogP contribution in [0.3, 0.4) is 0 Å². The van der Waals surface area contributed by atoms with Gasteiger partial charge in [0, 0.05) is 13.3 Å². The molecule has 14 heavy (non-hydrogen) atoms. The lowest BCUT2D eigenvalue weighted by atomic mass is 10.0. The lowest BCUT2D eigenvalue weighted by Crippen LogP contribution is -2.44. The van der Waals surface area contributed by atoms with E-state index in [9.17, 15) is 14.7 Å². The highest BCUT2D eigenvalue weighted by Gasteiger charge is 2.19. The van der Waals surface area contributed by atoms with E-state index in [0.29, 0.717) is 6.29 Å². The van der Waals surface area contributed by atoms with Gasteiger partial charge in [-0.15, -0.1) is 0 Å². The average molecular weight is 204 g/mol. The van der Waals surface area contributed by atoms with Gasteiger partial charge in [-0.3, -0.25) is 4.79 Å². The Morgan fingerprint density at radius 2 is 2.21 bits per heavy atom. The van der Waals surface area contributed by atoms with Crippen molar-refractivity contribution in [3.63, 3.8) is 0 Å². The van der Waals surface area contributed by atoms with Gasteiger partial charge in [0.25, 0.3) is 0 Å². The van der Waals surface area contributed by atoms with Crippen LogP contribution in [-0.2, 0) is 9.59 Å². The molecule has 6 nitrogen and oxygen atoms in total. The highest BCUT2D eigenvalue weighted by Crippen LogP contribution is 2.00. The summed E-state index contributed by atoms with van der Waals surface area (Å²) in [5.74, 6) is -0.355. The Hall–Kier alpha value is -0.980. The molecule has 0 radical (unpaired) electrons. The van der Waals surface area contributed by atoms with Gasteiger partial charge in [-0.25, -0.2) is 0 Å². The fraction of sp³-hybridized carbons (Fsp3) is 0.750. The topological polar surface area (TPSA) is 113 Å². The third kappa shape index (κ3) is 4.90. The van der Waals surface area contributed by atoms with E-state index in [1.54, 1.807) is 0 Å². The van der Waals surface area contributed by atoms with Gasteiger partial charge in [0.2, 0.25) is 5.91 Å². The molecule has 1 amide bonds. The SMILES string of the molecule is CC(=O)N[C@H](C=O)C[C@H](O)[C@@H](N)CO. The van der Waals surface area contributed by atoms with E-state index >= 15 is 0 Å². The minimum atomic E-state index is -1.01. The average Bonchev–Trinajstić information content (AvgIpc) is 2.14. The van der Waals surface area contributed by atoms with E-state index in [4.69, 9.17) is 10.8 Å². The number of hydrogen-bond acceptors (Lipinski definition) is 5. The van der Waals surface area contributed by atoms with Crippen LogP contribution in [0.15, 0.2) is 0 Å². The Labute approximate surface area is 82.1 Å². The van der Waals surface area contributed by atoms with Gasteiger partial charge in [0.1, 0.15) is 6.29 Å². The molecule has 0 heterocycles. The van der Waals surface area contributed by atoms with Crippen LogP contribution in [0.1, 0.15) is 13.3 Å². The Kier molecular flexibility index (Phi) is 6.02. The molecule has 0 aromatic heterocycles. The van der Waals surface area contributed by atoms with E-state index in [0.717, 1.165) is 0 Å². The second kappa shape index (κ2) is 6.47. The maximum Gasteiger partial charge on any atom is 0.217 e. The molecular formula is C8H16N2O4. The summed E-state index contributed by atoms with van der Waals surface area (Å²) in [4.78, 5) is 21.1. The van der Waals surface area contributed by atoms with Crippen LogP contribution >= 0.6 is 0 Å². The van der Waals surface area contributed by atoms with Gasteiger partial charge >= 0.3 is 0 Å². The highest BCUT2D eigenvalue weighted by atomic mass is 16.3. The number of carbonyl (C=O) groups excluding carboxylic acids is 2. The van der Waals surface area contributed by atoms with Crippen molar-refractivity contribution in [1.82, 2.24) is 5.32 Å². The zero-order chi connectivity index (χ0) is 11.1. The molecule has 0 aliphatic rings. The van der Waals surface area contributed by atoms with Crippen LogP contribution in [0.25, 0.3) is 0 Å². The van der Waals surface area contributed by atoms with Crippen LogP contribution < -0.4 is 11.1 Å². The van der Waals surface area contributed by atoms with E-state index in [1.807, 2.05) is 0 Å². The van der Waals surface area contributed by atoms with Crippen molar-refractivity contribution in [3.05, 3.63) is 0 Å². The molecule has 5 N–H and O–H groups in total. The molecule has 0 saturated carbocycles. The molecular weight excluding hydrogens is 188 g/mol. The molecule has 0 rings (SSSR count). The third-order valence-corrected chi connectivity index (χ3v) is 1.75. The van der Waals surface area contributed by atoms with Gasteiger partial charge < -0.3 is 26.1 Å². The maximum atomic E-state index is 10.6. The molecule has 0 aromatic carbocycles. The Balaban J connectivity index is 4.03. The van der Waals surface area contributed by atoms with E-state index in [2.05, 4.69) is 5.32 Å². The number of amides is 1. The summed E-state index contributed by atoms with van der Waals surface area (Å²) in [6.07, 6.45) is -0.485. The first-order chi connectivity index (χ1) is 6.51. The number of hydrogen-bond donors (Lipinski definition) is 4. The summed E-state index contributed by atoms with van der Waals surface area (Å²) < 4.78 is 0. The maximum absolute atomic E-state index is 10.6. The van der Waals surface area contributed by atoms with Crippen LogP contribution in [0.5, 0.6) is 0 Å². The van der Waals surface area contributed by atoms with Crippen molar-refractivity contribution in [2.24, 2.45) is 5.73 Å². The zero-order valence-corrected chi connectivity index (χ0v) is 8.01. The fourth-order valence-electron chi connectivity index (χ4n) is 0.966. The standard InChI is InChI=1S/C8H16N2O4/c1-5(13)10-6(3-11)2-8(14)7(9)4-12/h3,6-8,12,14H,2,4,9H2,1H3,(H,10,13)/t6-,7-,8-/m0/s1. The van der Waals surface area contributed by atoms with Crippen molar-refractivity contribution in [2.45, 2.75) is 31.5 Å². The number of aldehydes is 1. The monoisotopic (exact) mass is 204 g/mol. The van der Waals surface area contributed by atoms with Gasteiger partial charge in [-0.05, 0) is 0 Å². The second-order valence-electron chi connectivity index (χ2n) is 3.09. The molecule has 0 aliphatic carbocycles. The predicted octanol–water partition coefficient (Wildman–Crippen LogP) is -2.24. The zero-order valence-electron chi connectivity index (χ0n) is 8.01. The molecule has 82 valence electrons. The first-order valence-corrected chi connectivity index (χ1v) is 4.28. The van der Waals surface area contributed by atoms with Crippen molar-refractivity contribution in [1.29, 1.82) is 0 Å². The number of aliphatic hydroxyl groups excluding tert-OH is 2. The number of nitrogens with two attached hydrogens (primary N) is 1. The van der Waals surface area contributed by atoms with E-state index in [-0.39, 0.29) is 18.9 Å². The quantitative estimate of drug-likeness (QED) is 0.365. The lowest BCUT2D eigenvalue weighted by Gasteiger charge is -2.19. The summed E-state index contributed by atoms with van der Waals surface area (Å²) in [7, 11) is 0. The molecule has 0 bridgehead atoms. The summed E-state index contributed by atoms with van der Waals surface area (Å²) in [5, 5.41) is 20.3. The van der Waals surface area contributed by atoms with Gasteiger partial charge in [-0.1, -0.05) is 0 Å². The summed E-state index contributed by atoms with van der Waals surface area (Å²) >= 11 is 0. The first kappa shape index (κ1) is 13.0. The molecule has 0 aliphatic heterocycles. The van der Waals surface area contributed by atoms with Crippen LogP contribution in [-0.4, -0.2) is 47.2 Å². The summed E-state index contributed by atoms with van der Waals surface area (Å²) in [6, 6.07) is -1.56. The molecule has 0 unspecified atom stereocenters. The fourth-order valence-corrected chi connectivity index (χ4v) is 0.966. The minimum absolute atomic E-state index is 0.00477. The van der Waals surface area contributed by atoms with Crippen molar-refractivity contribution < 1.29 is 19.8 Å². The Morgan fingerprint density at radius 3 is 2.57 bits per heavy atom. The number of nitrogens with one attached hydrogen (secondary N) is 1. The van der Waals surface area contributed by atoms with Crippen molar-refractivity contribution in [3.8, 4) is 0 Å². The Bertz CT molecular complexity index is 198. The second-order valence-corrected chi connectivity index (χ2v) is 3.09. The van der Waals surface area contributed by atoms with Gasteiger partial charge in [-0.2, -0.15) is 0 Å². The molecule has 3 atom stereocenters. The number of rotatable bonds is 6.